The van der Waals surface area contributed by atoms with Crippen LogP contribution in [0.2, 0.25) is 0 Å². The summed E-state index contributed by atoms with van der Waals surface area (Å²) in [5.41, 5.74) is 37.0. The molecule has 410 valence electrons. The lowest BCUT2D eigenvalue weighted by molar-refractivity contribution is -0.301. The van der Waals surface area contributed by atoms with E-state index in [4.69, 9.17) is 53.9 Å². The van der Waals surface area contributed by atoms with Crippen LogP contribution in [0.4, 0.5) is 9.59 Å². The molecule has 2 amide bonds. The van der Waals surface area contributed by atoms with E-state index in [2.05, 4.69) is 35.4 Å². The number of nitrogens with two attached hydrogens (primary N) is 1. The zero-order valence-electron chi connectivity index (χ0n) is 41.4. The summed E-state index contributed by atoms with van der Waals surface area (Å²) in [7, 11) is 1.53. The van der Waals surface area contributed by atoms with Crippen LogP contribution in [0.3, 0.4) is 0 Å². The number of alkyl carbamates (subject to hydrolysis) is 1. The van der Waals surface area contributed by atoms with Crippen LogP contribution in [-0.2, 0) is 62.5 Å². The maximum atomic E-state index is 14.0. The van der Waals surface area contributed by atoms with Crippen LogP contribution in [0.1, 0.15) is 36.5 Å². The van der Waals surface area contributed by atoms with E-state index in [1.54, 1.807) is 67.6 Å². The monoisotopic (exact) mass is 1060 g/mol. The number of aliphatic hydroxyl groups is 5. The molecule has 0 aromatic heterocycles. The minimum Gasteiger partial charge on any atom is -0.445 e. The molecule has 28 heteroatoms. The molecule has 0 spiro atoms. The zero-order chi connectivity index (χ0) is 54.3. The Kier molecular flexibility index (Phi) is 20.8. The van der Waals surface area contributed by atoms with Gasteiger partial charge in [0.05, 0.1) is 68.3 Å². The zero-order valence-corrected chi connectivity index (χ0v) is 41.4. The third-order valence-corrected chi connectivity index (χ3v) is 13.7. The van der Waals surface area contributed by atoms with E-state index in [0.29, 0.717) is 11.1 Å². The number of carbonyl (C=O) groups excluding carboxylic acids is 2. The molecule has 3 aromatic rings. The van der Waals surface area contributed by atoms with E-state index >= 15 is 0 Å². The molecule has 0 radical (unpaired) electrons. The summed E-state index contributed by atoms with van der Waals surface area (Å²) in [6.07, 6.45) is -23.5. The highest BCUT2D eigenvalue weighted by atomic mass is 16.8. The van der Waals surface area contributed by atoms with Crippen molar-refractivity contribution in [2.24, 2.45) is 21.1 Å². The summed E-state index contributed by atoms with van der Waals surface area (Å²) in [5, 5.41) is 70.1. The Hall–Kier alpha value is -6.39. The maximum absolute atomic E-state index is 14.0. The molecule has 28 nitrogen and oxygen atoms in total. The standard InChI is InChI=1S/C48H62N12O16/c1-25(60(2)48(67)70-24-28-16-10-5-11-17-28)30-19-18-29(55-58-51)44(71-30)75-42-35(54-47(66)69-23-27-14-8-4-9-15-27)41(68-22-26-12-6-3-7-13-26)33(49)37(63)43(42)76-46-39(65)40(32(21-61)73-46)74-45-34(56-59-52)38(64)36(62)31(72-45)20-53-57-50/h3-17,25,29-46,61-65H,18-24,49H2,1-2H3,(H,54,66)/t25-,29+,30-,31-,32+,33-,34+,35-,36+,37-,38+,39+,40+,41+,42+,43+,44+,45+,46-/m0/s1. The molecule has 7 rings (SSSR count). The molecule has 76 heavy (non-hydrogen) atoms. The number of azide groups is 3. The molecule has 4 fully saturated rings. The summed E-state index contributed by atoms with van der Waals surface area (Å²) in [5.74, 6) is 0. The number of nitrogens with one attached hydrogen (secondary N) is 1. The highest BCUT2D eigenvalue weighted by molar-refractivity contribution is 5.68. The molecular weight excluding hydrogens is 1000 g/mol. The second kappa shape index (κ2) is 27.6. The molecule has 1 saturated carbocycles. The van der Waals surface area contributed by atoms with Gasteiger partial charge < -0.3 is 84.1 Å². The molecule has 8 N–H and O–H groups in total. The second-order valence-corrected chi connectivity index (χ2v) is 18.5. The normalized spacial score (nSPS) is 33.5. The van der Waals surface area contributed by atoms with E-state index in [1.807, 2.05) is 30.3 Å². The predicted molar refractivity (Wildman–Crippen MR) is 261 cm³/mol. The van der Waals surface area contributed by atoms with Gasteiger partial charge in [-0.25, -0.2) is 9.59 Å². The Morgan fingerprint density at radius 1 is 0.697 bits per heavy atom. The topological polar surface area (TPSA) is 406 Å². The van der Waals surface area contributed by atoms with Gasteiger partial charge in [0.1, 0.15) is 62.0 Å². The van der Waals surface area contributed by atoms with Gasteiger partial charge in [-0.2, -0.15) is 0 Å². The Labute approximate surface area is 435 Å². The largest absolute Gasteiger partial charge is 0.445 e. The van der Waals surface area contributed by atoms with Gasteiger partial charge in [-0.05, 0) is 53.0 Å². The number of likely N-dealkylation sites (N-methyl/N-ethyl adjacent to an activating group) is 1. The quantitative estimate of drug-likeness (QED) is 0.0458. The van der Waals surface area contributed by atoms with Gasteiger partial charge in [-0.3, -0.25) is 0 Å². The summed E-state index contributed by atoms with van der Waals surface area (Å²) in [6.45, 7) is 0.113. The minimum absolute atomic E-state index is 0.00128. The van der Waals surface area contributed by atoms with Crippen LogP contribution >= 0.6 is 0 Å². The fraction of sp³-hybridized carbons (Fsp3) is 0.583. The van der Waals surface area contributed by atoms with Crippen LogP contribution in [0, 0.1) is 0 Å². The van der Waals surface area contributed by atoms with Crippen molar-refractivity contribution in [3.8, 4) is 0 Å². The van der Waals surface area contributed by atoms with E-state index in [0.717, 1.165) is 5.56 Å². The number of hydrogen-bond donors (Lipinski definition) is 7. The third-order valence-electron chi connectivity index (χ3n) is 13.7. The third kappa shape index (κ3) is 14.1. The van der Waals surface area contributed by atoms with Crippen molar-refractivity contribution in [2.45, 2.75) is 156 Å². The van der Waals surface area contributed by atoms with Crippen molar-refractivity contribution >= 4 is 12.2 Å². The van der Waals surface area contributed by atoms with Crippen molar-refractivity contribution in [1.82, 2.24) is 10.2 Å². The molecule has 3 saturated heterocycles. The maximum Gasteiger partial charge on any atom is 0.410 e. The average molecular weight is 1060 g/mol. The first-order valence-electron chi connectivity index (χ1n) is 24.4. The number of amides is 2. The molecule has 0 unspecified atom stereocenters. The molecule has 19 atom stereocenters. The number of rotatable bonds is 21. The minimum atomic E-state index is -1.91. The van der Waals surface area contributed by atoms with E-state index in [1.165, 1.54) is 11.9 Å². The lowest BCUT2D eigenvalue weighted by Crippen LogP contribution is -2.73. The molecule has 1 aliphatic carbocycles. The lowest BCUT2D eigenvalue weighted by Gasteiger charge is -2.50. The van der Waals surface area contributed by atoms with Crippen LogP contribution < -0.4 is 11.1 Å². The number of ether oxygens (including phenoxy) is 9. The number of benzene rings is 3. The van der Waals surface area contributed by atoms with Gasteiger partial charge in [0.15, 0.2) is 18.9 Å². The summed E-state index contributed by atoms with van der Waals surface area (Å²) in [6, 6.07) is 20.6. The van der Waals surface area contributed by atoms with E-state index in [9.17, 15) is 46.2 Å². The molecule has 3 aromatic carbocycles. The first-order chi connectivity index (χ1) is 36.8. The fourth-order valence-corrected chi connectivity index (χ4v) is 9.38. The molecule has 3 heterocycles. The first kappa shape index (κ1) is 57.3. The highest BCUT2D eigenvalue weighted by Crippen LogP contribution is 2.37. The van der Waals surface area contributed by atoms with E-state index < -0.39 is 142 Å². The molecule has 4 aliphatic rings. The van der Waals surface area contributed by atoms with Gasteiger partial charge in [-0.1, -0.05) is 106 Å². The van der Waals surface area contributed by atoms with Gasteiger partial charge in [0, 0.05) is 21.8 Å². The van der Waals surface area contributed by atoms with Crippen molar-refractivity contribution < 1.29 is 77.8 Å². The lowest BCUT2D eigenvalue weighted by atomic mass is 9.81. The fourth-order valence-electron chi connectivity index (χ4n) is 9.38. The molecular formula is C48H62N12O16. The second-order valence-electron chi connectivity index (χ2n) is 18.5. The summed E-state index contributed by atoms with van der Waals surface area (Å²) < 4.78 is 55.2. The Morgan fingerprint density at radius 2 is 1.28 bits per heavy atom. The SMILES string of the molecule is C[C@@H]([C@@H]1CC[C@@H](N=[N+]=[N-])[C@@H](O[C@@H]2[C@@H](NC(=O)OCc3ccccc3)[C@H](OCc3ccccc3)[C@@H](N)[C@H](O)[C@H]2O[C@@H]2O[C@H](CO)[C@@H](O[C@H]3O[C@@H](CN=[N+]=[N-])[C@@H](O)[C@H](O)[C@H]3N=[N+]=[N-])[C@H]2O)O1)N(C)C(=O)OCc1ccccc1. The summed E-state index contributed by atoms with van der Waals surface area (Å²) in [4.78, 5) is 37.1. The van der Waals surface area contributed by atoms with Gasteiger partial charge in [0.25, 0.3) is 0 Å². The smallest absolute Gasteiger partial charge is 0.410 e. The Morgan fingerprint density at radius 3 is 1.88 bits per heavy atom. The van der Waals surface area contributed by atoms with Gasteiger partial charge in [-0.15, -0.1) is 0 Å². The van der Waals surface area contributed by atoms with Crippen LogP contribution in [0.15, 0.2) is 106 Å². The number of carbonyl (C=O) groups is 2. The van der Waals surface area contributed by atoms with Crippen molar-refractivity contribution in [3.05, 3.63) is 139 Å². The molecule has 0 bridgehead atoms. The van der Waals surface area contributed by atoms with Crippen LogP contribution in [0.25, 0.3) is 31.3 Å². The number of aliphatic hydroxyl groups excluding tert-OH is 5. The Balaban J connectivity index is 1.21. The first-order valence-corrected chi connectivity index (χ1v) is 24.4. The average Bonchev–Trinajstić information content (AvgIpc) is 3.76. The van der Waals surface area contributed by atoms with E-state index in [-0.39, 0.29) is 32.7 Å². The Bertz CT molecular complexity index is 2480. The molecule has 3 aliphatic heterocycles. The highest BCUT2D eigenvalue weighted by Gasteiger charge is 2.57. The number of nitrogens with zero attached hydrogens (tertiary/aromatic N) is 10. The van der Waals surface area contributed by atoms with Crippen molar-refractivity contribution in [1.29, 1.82) is 0 Å². The predicted octanol–water partition coefficient (Wildman–Crippen LogP) is 3.08. The van der Waals surface area contributed by atoms with Gasteiger partial charge in [0.2, 0.25) is 0 Å². The van der Waals surface area contributed by atoms with Crippen LogP contribution in [-0.4, -0.2) is 179 Å². The number of hydrogen-bond acceptors (Lipinski definition) is 20. The van der Waals surface area contributed by atoms with Crippen molar-refractivity contribution in [2.75, 3.05) is 20.2 Å². The van der Waals surface area contributed by atoms with Crippen LogP contribution in [0.5, 0.6) is 0 Å². The van der Waals surface area contributed by atoms with Crippen molar-refractivity contribution in [3.63, 3.8) is 0 Å². The summed E-state index contributed by atoms with van der Waals surface area (Å²) >= 11 is 0. The van der Waals surface area contributed by atoms with Gasteiger partial charge >= 0.3 is 12.2 Å².